The number of rotatable bonds is 3. The van der Waals surface area contributed by atoms with Crippen molar-refractivity contribution in [2.75, 3.05) is 5.75 Å². The molecule has 0 aliphatic carbocycles. The van der Waals surface area contributed by atoms with E-state index in [9.17, 15) is 4.79 Å². The van der Waals surface area contributed by atoms with E-state index in [1.807, 2.05) is 37.5 Å². The van der Waals surface area contributed by atoms with Gasteiger partial charge in [0.2, 0.25) is 5.91 Å². The van der Waals surface area contributed by atoms with Gasteiger partial charge in [-0.2, -0.15) is 10.4 Å². The average Bonchev–Trinajstić information content (AvgIpc) is 3.46. The number of amidine groups is 1. The van der Waals surface area contributed by atoms with E-state index in [0.717, 1.165) is 32.3 Å². The lowest BCUT2D eigenvalue weighted by Crippen LogP contribution is -2.20. The van der Waals surface area contributed by atoms with Crippen molar-refractivity contribution in [2.45, 2.75) is 0 Å². The van der Waals surface area contributed by atoms with Crippen molar-refractivity contribution in [1.82, 2.24) is 19.7 Å². The fraction of sp³-hybridized carbons (Fsp3) is 0.0909. The van der Waals surface area contributed by atoms with Crippen LogP contribution in [0.1, 0.15) is 5.56 Å². The lowest BCUT2D eigenvalue weighted by molar-refractivity contribution is -0.116. The molecule has 1 saturated heterocycles. The molecule has 3 heterocycles. The first-order valence-corrected chi connectivity index (χ1v) is 11.2. The Morgan fingerprint density at radius 1 is 1.23 bits per heavy atom. The number of benzene rings is 2. The molecule has 2 aromatic heterocycles. The summed E-state index contributed by atoms with van der Waals surface area (Å²) in [5, 5.41) is 18.3. The van der Waals surface area contributed by atoms with Gasteiger partial charge in [-0.15, -0.1) is 0 Å². The van der Waals surface area contributed by atoms with Crippen molar-refractivity contribution < 1.29 is 4.79 Å². The van der Waals surface area contributed by atoms with Gasteiger partial charge in [0.1, 0.15) is 0 Å². The SMILES string of the molecule is Cn1cc(-c2cc(N=C3NC(=O)CS3)n(-c3ccc(C#N)cc3)n2)c2cc(Br)ccc21. The van der Waals surface area contributed by atoms with E-state index in [1.54, 1.807) is 16.8 Å². The Bertz CT molecular complexity index is 1410. The van der Waals surface area contributed by atoms with Crippen LogP contribution in [0.2, 0.25) is 0 Å². The summed E-state index contributed by atoms with van der Waals surface area (Å²) in [4.78, 5) is 16.2. The van der Waals surface area contributed by atoms with Gasteiger partial charge in [0.25, 0.3) is 0 Å². The molecule has 9 heteroatoms. The third kappa shape index (κ3) is 3.65. The molecule has 1 aliphatic rings. The maximum Gasteiger partial charge on any atom is 0.236 e. The van der Waals surface area contributed by atoms with E-state index in [2.05, 4.69) is 49.0 Å². The largest absolute Gasteiger partial charge is 0.350 e. The van der Waals surface area contributed by atoms with Crippen LogP contribution in [0.25, 0.3) is 27.8 Å². The van der Waals surface area contributed by atoms with E-state index in [1.165, 1.54) is 11.8 Å². The molecule has 1 aliphatic heterocycles. The molecule has 0 radical (unpaired) electrons. The first-order valence-electron chi connectivity index (χ1n) is 9.39. The quantitative estimate of drug-likeness (QED) is 0.457. The predicted molar refractivity (Wildman–Crippen MR) is 126 cm³/mol. The van der Waals surface area contributed by atoms with E-state index < -0.39 is 0 Å². The van der Waals surface area contributed by atoms with Crippen molar-refractivity contribution >= 4 is 55.5 Å². The second-order valence-corrected chi connectivity index (χ2v) is 8.91. The van der Waals surface area contributed by atoms with Crippen LogP contribution in [0.5, 0.6) is 0 Å². The van der Waals surface area contributed by atoms with E-state index in [4.69, 9.17) is 10.4 Å². The Kier molecular flexibility index (Phi) is 4.88. The van der Waals surface area contributed by atoms with Gasteiger partial charge in [0.05, 0.1) is 28.8 Å². The van der Waals surface area contributed by atoms with E-state index in [-0.39, 0.29) is 5.91 Å². The number of aromatic nitrogens is 3. The standard InChI is InChI=1S/C22H15BrN6OS/c1-28-11-17(16-8-14(23)4-7-19(16)28)18-9-20(25-22-26-21(30)12-31-22)29(27-18)15-5-2-13(10-24)3-6-15/h2-9,11H,12H2,1H3,(H,25,26,30). The minimum absolute atomic E-state index is 0.0627. The van der Waals surface area contributed by atoms with Gasteiger partial charge in [0, 0.05) is 40.2 Å². The molecule has 31 heavy (non-hydrogen) atoms. The summed E-state index contributed by atoms with van der Waals surface area (Å²) in [5.41, 5.74) is 4.19. The van der Waals surface area contributed by atoms with Crippen LogP contribution in [0, 0.1) is 11.3 Å². The van der Waals surface area contributed by atoms with Crippen LogP contribution in [0.4, 0.5) is 5.82 Å². The molecule has 4 aromatic rings. The number of thioether (sulfide) groups is 1. The number of nitrogens with zero attached hydrogens (tertiary/aromatic N) is 5. The normalized spacial score (nSPS) is 14.9. The lowest BCUT2D eigenvalue weighted by Gasteiger charge is -2.04. The molecule has 0 saturated carbocycles. The molecule has 152 valence electrons. The highest BCUT2D eigenvalue weighted by Crippen LogP contribution is 2.34. The zero-order valence-electron chi connectivity index (χ0n) is 16.3. The highest BCUT2D eigenvalue weighted by Gasteiger charge is 2.20. The molecule has 1 N–H and O–H groups in total. The molecule has 5 rings (SSSR count). The fourth-order valence-corrected chi connectivity index (χ4v) is 4.55. The van der Waals surface area contributed by atoms with Crippen LogP contribution in [0.15, 0.2) is 64.2 Å². The molecular weight excluding hydrogens is 476 g/mol. The summed E-state index contributed by atoms with van der Waals surface area (Å²) in [5.74, 6) is 0.886. The Balaban J connectivity index is 1.68. The number of nitrogens with one attached hydrogen (secondary N) is 1. The summed E-state index contributed by atoms with van der Waals surface area (Å²) in [6.07, 6.45) is 2.05. The minimum Gasteiger partial charge on any atom is -0.350 e. The first-order chi connectivity index (χ1) is 15.0. The summed E-state index contributed by atoms with van der Waals surface area (Å²) >= 11 is 4.92. The van der Waals surface area contributed by atoms with Crippen molar-refractivity contribution in [3.05, 3.63) is 64.8 Å². The zero-order valence-corrected chi connectivity index (χ0v) is 18.7. The molecule has 1 amide bonds. The predicted octanol–water partition coefficient (Wildman–Crippen LogP) is 4.52. The van der Waals surface area contributed by atoms with Crippen molar-refractivity contribution in [2.24, 2.45) is 12.0 Å². The number of hydrogen-bond acceptors (Lipinski definition) is 5. The number of halogens is 1. The number of aliphatic imine (C=N–C) groups is 1. The zero-order chi connectivity index (χ0) is 21.5. The van der Waals surface area contributed by atoms with Crippen LogP contribution in [-0.2, 0) is 11.8 Å². The number of amides is 1. The van der Waals surface area contributed by atoms with Gasteiger partial charge in [-0.3, -0.25) is 4.79 Å². The van der Waals surface area contributed by atoms with Crippen molar-refractivity contribution in [3.8, 4) is 23.0 Å². The Morgan fingerprint density at radius 3 is 2.74 bits per heavy atom. The average molecular weight is 491 g/mol. The monoisotopic (exact) mass is 490 g/mol. The molecular formula is C22H15BrN6OS. The third-order valence-electron chi connectivity index (χ3n) is 4.96. The third-order valence-corrected chi connectivity index (χ3v) is 6.33. The summed E-state index contributed by atoms with van der Waals surface area (Å²) in [7, 11) is 2.00. The Labute approximate surface area is 190 Å². The van der Waals surface area contributed by atoms with Gasteiger partial charge < -0.3 is 9.88 Å². The summed E-state index contributed by atoms with van der Waals surface area (Å²) in [6.45, 7) is 0. The first kappa shape index (κ1) is 19.6. The van der Waals surface area contributed by atoms with Crippen molar-refractivity contribution in [1.29, 1.82) is 5.26 Å². The summed E-state index contributed by atoms with van der Waals surface area (Å²) in [6, 6.07) is 17.3. The maximum atomic E-state index is 11.6. The van der Waals surface area contributed by atoms with Gasteiger partial charge in [-0.1, -0.05) is 27.7 Å². The number of aryl methyl sites for hydroxylation is 1. The van der Waals surface area contributed by atoms with Gasteiger partial charge in [0.15, 0.2) is 11.0 Å². The smallest absolute Gasteiger partial charge is 0.236 e. The topological polar surface area (TPSA) is 88.0 Å². The number of hydrogen-bond donors (Lipinski definition) is 1. The van der Waals surface area contributed by atoms with Gasteiger partial charge in [-0.25, -0.2) is 9.67 Å². The highest BCUT2D eigenvalue weighted by molar-refractivity contribution is 9.10. The van der Waals surface area contributed by atoms with Crippen molar-refractivity contribution in [3.63, 3.8) is 0 Å². The number of carbonyl (C=O) groups is 1. The molecule has 1 fully saturated rings. The lowest BCUT2D eigenvalue weighted by atomic mass is 10.1. The second-order valence-electron chi connectivity index (χ2n) is 7.03. The molecule has 0 atom stereocenters. The fourth-order valence-electron chi connectivity index (χ4n) is 3.51. The molecule has 7 nitrogen and oxygen atoms in total. The molecule has 0 bridgehead atoms. The van der Waals surface area contributed by atoms with E-state index in [0.29, 0.717) is 22.3 Å². The Morgan fingerprint density at radius 2 is 2.03 bits per heavy atom. The van der Waals surface area contributed by atoms with Crippen LogP contribution in [-0.4, -0.2) is 31.2 Å². The summed E-state index contributed by atoms with van der Waals surface area (Å²) < 4.78 is 4.78. The van der Waals surface area contributed by atoms with Crippen LogP contribution in [0.3, 0.4) is 0 Å². The minimum atomic E-state index is -0.0627. The number of carbonyl (C=O) groups excluding carboxylic acids is 1. The number of nitriles is 1. The van der Waals surface area contributed by atoms with E-state index >= 15 is 0 Å². The highest BCUT2D eigenvalue weighted by atomic mass is 79.9. The van der Waals surface area contributed by atoms with Gasteiger partial charge in [-0.05, 0) is 42.5 Å². The number of fused-ring (bicyclic) bond motifs is 1. The molecule has 0 unspecified atom stereocenters. The molecule has 0 spiro atoms. The second kappa shape index (κ2) is 7.72. The molecule has 2 aromatic carbocycles. The maximum absolute atomic E-state index is 11.6. The van der Waals surface area contributed by atoms with Crippen LogP contribution < -0.4 is 5.32 Å². The Hall–Kier alpha value is -3.35. The van der Waals surface area contributed by atoms with Gasteiger partial charge >= 0.3 is 0 Å². The van der Waals surface area contributed by atoms with Crippen LogP contribution >= 0.6 is 27.7 Å².